The average molecular weight is 282 g/mol. The zero-order valence-electron chi connectivity index (χ0n) is 9.44. The van der Waals surface area contributed by atoms with Crippen LogP contribution in [0.1, 0.15) is 15.2 Å². The fourth-order valence-electron chi connectivity index (χ4n) is 1.51. The molecule has 0 fully saturated rings. The predicted molar refractivity (Wildman–Crippen MR) is 74.8 cm³/mol. The maximum Gasteiger partial charge on any atom is 0.253 e. The summed E-state index contributed by atoms with van der Waals surface area (Å²) in [5.74, 6) is 5.15. The van der Waals surface area contributed by atoms with Gasteiger partial charge >= 0.3 is 0 Å². The van der Waals surface area contributed by atoms with Crippen LogP contribution in [0.2, 0.25) is 5.02 Å². The average Bonchev–Trinajstić information content (AvgIpc) is 2.89. The van der Waals surface area contributed by atoms with Crippen LogP contribution < -0.4 is 16.6 Å². The van der Waals surface area contributed by atoms with Crippen LogP contribution in [0.15, 0.2) is 35.7 Å². The summed E-state index contributed by atoms with van der Waals surface area (Å²) in [6.07, 6.45) is 0. The number of anilines is 1. The van der Waals surface area contributed by atoms with Crippen molar-refractivity contribution in [2.75, 3.05) is 5.43 Å². The van der Waals surface area contributed by atoms with Gasteiger partial charge in [-0.05, 0) is 29.6 Å². The molecule has 4 N–H and O–H groups in total. The summed E-state index contributed by atoms with van der Waals surface area (Å²) in [4.78, 5) is 13.1. The third-order valence-corrected chi connectivity index (χ3v) is 3.50. The molecule has 1 amide bonds. The van der Waals surface area contributed by atoms with Gasteiger partial charge in [-0.3, -0.25) is 10.6 Å². The zero-order valence-corrected chi connectivity index (χ0v) is 11.0. The lowest BCUT2D eigenvalue weighted by atomic mass is 10.1. The molecular formula is C12H12ClN3OS. The minimum absolute atomic E-state index is 0.209. The van der Waals surface area contributed by atoms with Gasteiger partial charge in [0.1, 0.15) is 0 Å². The molecule has 1 heterocycles. The molecule has 6 heteroatoms. The van der Waals surface area contributed by atoms with Gasteiger partial charge in [-0.25, -0.2) is 0 Å². The molecule has 1 aromatic heterocycles. The van der Waals surface area contributed by atoms with E-state index in [0.29, 0.717) is 22.8 Å². The fraction of sp³-hybridized carbons (Fsp3) is 0.0833. The van der Waals surface area contributed by atoms with Crippen LogP contribution in [-0.2, 0) is 6.54 Å². The van der Waals surface area contributed by atoms with Crippen LogP contribution in [-0.4, -0.2) is 5.91 Å². The van der Waals surface area contributed by atoms with Crippen LogP contribution in [0.3, 0.4) is 0 Å². The Labute approximate surface area is 114 Å². The molecule has 0 saturated carbocycles. The number of hydrazine groups is 1. The Hall–Kier alpha value is -1.56. The van der Waals surface area contributed by atoms with E-state index in [9.17, 15) is 4.79 Å². The highest BCUT2D eigenvalue weighted by Crippen LogP contribution is 2.20. The molecule has 0 atom stereocenters. The van der Waals surface area contributed by atoms with Crippen molar-refractivity contribution < 1.29 is 4.79 Å². The highest BCUT2D eigenvalue weighted by atomic mass is 35.5. The van der Waals surface area contributed by atoms with Gasteiger partial charge in [-0.15, -0.1) is 11.3 Å². The minimum Gasteiger partial charge on any atom is -0.347 e. The normalized spacial score (nSPS) is 10.1. The first-order valence-corrected chi connectivity index (χ1v) is 6.53. The number of nitrogen functional groups attached to an aromatic ring is 1. The Morgan fingerprint density at radius 2 is 2.22 bits per heavy atom. The topological polar surface area (TPSA) is 67.1 Å². The number of carbonyl (C=O) groups excluding carboxylic acids is 1. The number of halogens is 1. The Balaban J connectivity index is 2.10. The Morgan fingerprint density at radius 1 is 1.39 bits per heavy atom. The first-order chi connectivity index (χ1) is 8.70. The second-order valence-corrected chi connectivity index (χ2v) is 5.06. The number of thiophene rings is 1. The molecule has 2 aromatic rings. The number of nitrogens with two attached hydrogens (primary N) is 1. The molecular weight excluding hydrogens is 270 g/mol. The zero-order chi connectivity index (χ0) is 13.0. The minimum atomic E-state index is -0.209. The molecule has 0 aliphatic heterocycles. The van der Waals surface area contributed by atoms with Crippen molar-refractivity contribution in [1.82, 2.24) is 5.32 Å². The Kier molecular flexibility index (Phi) is 4.19. The Bertz CT molecular complexity index is 542. The van der Waals surface area contributed by atoms with Crippen LogP contribution in [0, 0.1) is 0 Å². The van der Waals surface area contributed by atoms with Gasteiger partial charge < -0.3 is 10.7 Å². The van der Waals surface area contributed by atoms with Gasteiger partial charge in [0.15, 0.2) is 0 Å². The van der Waals surface area contributed by atoms with E-state index in [1.165, 1.54) is 0 Å². The van der Waals surface area contributed by atoms with E-state index in [-0.39, 0.29) is 5.91 Å². The van der Waals surface area contributed by atoms with Crippen molar-refractivity contribution in [3.8, 4) is 0 Å². The second-order valence-electron chi connectivity index (χ2n) is 3.60. The third kappa shape index (κ3) is 3.01. The predicted octanol–water partition coefficient (Wildman–Crippen LogP) is 2.62. The smallest absolute Gasteiger partial charge is 0.253 e. The molecule has 4 nitrogen and oxygen atoms in total. The lowest BCUT2D eigenvalue weighted by Gasteiger charge is -2.09. The summed E-state index contributed by atoms with van der Waals surface area (Å²) in [6, 6.07) is 8.83. The lowest BCUT2D eigenvalue weighted by molar-refractivity contribution is 0.0952. The first-order valence-electron chi connectivity index (χ1n) is 5.27. The molecule has 0 unspecified atom stereocenters. The summed E-state index contributed by atoms with van der Waals surface area (Å²) in [6.45, 7) is 0.493. The summed E-state index contributed by atoms with van der Waals surface area (Å²) >= 11 is 7.46. The van der Waals surface area contributed by atoms with Crippen LogP contribution >= 0.6 is 22.9 Å². The van der Waals surface area contributed by atoms with E-state index in [4.69, 9.17) is 17.4 Å². The molecule has 94 valence electrons. The number of hydrogen-bond acceptors (Lipinski definition) is 4. The molecule has 0 saturated heterocycles. The van der Waals surface area contributed by atoms with Crippen molar-refractivity contribution in [3.05, 3.63) is 51.2 Å². The number of hydrogen-bond donors (Lipinski definition) is 3. The van der Waals surface area contributed by atoms with E-state index in [2.05, 4.69) is 10.7 Å². The lowest BCUT2D eigenvalue weighted by Crippen LogP contribution is -2.24. The van der Waals surface area contributed by atoms with Crippen LogP contribution in [0.25, 0.3) is 0 Å². The summed E-state index contributed by atoms with van der Waals surface area (Å²) in [5.41, 5.74) is 3.46. The third-order valence-electron chi connectivity index (χ3n) is 2.39. The molecule has 1 aromatic carbocycles. The van der Waals surface area contributed by atoms with E-state index < -0.39 is 0 Å². The Morgan fingerprint density at radius 3 is 2.89 bits per heavy atom. The molecule has 0 aliphatic rings. The molecule has 0 aliphatic carbocycles. The monoisotopic (exact) mass is 281 g/mol. The van der Waals surface area contributed by atoms with Crippen molar-refractivity contribution >= 4 is 34.5 Å². The van der Waals surface area contributed by atoms with E-state index >= 15 is 0 Å². The summed E-state index contributed by atoms with van der Waals surface area (Å²) < 4.78 is 0. The van der Waals surface area contributed by atoms with Crippen molar-refractivity contribution in [2.45, 2.75) is 6.54 Å². The fourth-order valence-corrected chi connectivity index (χ4v) is 2.32. The number of nitrogens with one attached hydrogen (secondary N) is 2. The van der Waals surface area contributed by atoms with Gasteiger partial charge in [0, 0.05) is 9.90 Å². The maximum atomic E-state index is 12.0. The highest BCUT2D eigenvalue weighted by Gasteiger charge is 2.11. The quantitative estimate of drug-likeness (QED) is 0.596. The molecule has 0 spiro atoms. The summed E-state index contributed by atoms with van der Waals surface area (Å²) in [7, 11) is 0. The summed E-state index contributed by atoms with van der Waals surface area (Å²) in [5, 5.41) is 5.28. The van der Waals surface area contributed by atoms with E-state index in [1.807, 2.05) is 17.5 Å². The van der Waals surface area contributed by atoms with Crippen molar-refractivity contribution in [3.63, 3.8) is 0 Å². The van der Waals surface area contributed by atoms with E-state index in [1.54, 1.807) is 29.5 Å². The van der Waals surface area contributed by atoms with Gasteiger partial charge in [-0.1, -0.05) is 17.7 Å². The highest BCUT2D eigenvalue weighted by molar-refractivity contribution is 7.09. The number of carbonyl (C=O) groups is 1. The second kappa shape index (κ2) is 5.86. The van der Waals surface area contributed by atoms with Gasteiger partial charge in [0.25, 0.3) is 5.91 Å². The van der Waals surface area contributed by atoms with Gasteiger partial charge in [-0.2, -0.15) is 0 Å². The van der Waals surface area contributed by atoms with Gasteiger partial charge in [0.05, 0.1) is 17.8 Å². The van der Waals surface area contributed by atoms with E-state index in [0.717, 1.165) is 4.88 Å². The van der Waals surface area contributed by atoms with Crippen molar-refractivity contribution in [1.29, 1.82) is 0 Å². The molecule has 0 radical (unpaired) electrons. The first kappa shape index (κ1) is 12.9. The number of benzene rings is 1. The standard InChI is InChI=1S/C12H12ClN3OS/c13-8-3-4-11(16-14)10(6-8)12(17)15-7-9-2-1-5-18-9/h1-6,16H,7,14H2,(H,15,17). The van der Waals surface area contributed by atoms with Crippen LogP contribution in [0.5, 0.6) is 0 Å². The van der Waals surface area contributed by atoms with Gasteiger partial charge in [0.2, 0.25) is 0 Å². The molecule has 18 heavy (non-hydrogen) atoms. The molecule has 0 bridgehead atoms. The SMILES string of the molecule is NNc1ccc(Cl)cc1C(=O)NCc1cccs1. The largest absolute Gasteiger partial charge is 0.347 e. The molecule has 2 rings (SSSR count). The van der Waals surface area contributed by atoms with Crippen molar-refractivity contribution in [2.24, 2.45) is 5.84 Å². The van der Waals surface area contributed by atoms with Crippen LogP contribution in [0.4, 0.5) is 5.69 Å². The number of rotatable bonds is 4. The maximum absolute atomic E-state index is 12.0. The number of amides is 1.